The lowest BCUT2D eigenvalue weighted by molar-refractivity contribution is 0.249. The van der Waals surface area contributed by atoms with Crippen molar-refractivity contribution in [2.75, 3.05) is 54.8 Å². The predicted molar refractivity (Wildman–Crippen MR) is 134 cm³/mol. The Labute approximate surface area is 198 Å². The number of benzene rings is 1. The van der Waals surface area contributed by atoms with Gasteiger partial charge >= 0.3 is 6.03 Å². The highest BCUT2D eigenvalue weighted by molar-refractivity contribution is 5.86. The van der Waals surface area contributed by atoms with E-state index >= 15 is 0 Å². The summed E-state index contributed by atoms with van der Waals surface area (Å²) in [6.07, 6.45) is 6.61. The van der Waals surface area contributed by atoms with Crippen molar-refractivity contribution in [3.05, 3.63) is 30.6 Å². The van der Waals surface area contributed by atoms with Crippen molar-refractivity contribution in [2.45, 2.75) is 31.7 Å². The lowest BCUT2D eigenvalue weighted by Gasteiger charge is -2.29. The maximum absolute atomic E-state index is 10.9. The molecule has 6 N–H and O–H groups in total. The number of primary amides is 1. The van der Waals surface area contributed by atoms with E-state index in [-0.39, 0.29) is 0 Å². The summed E-state index contributed by atoms with van der Waals surface area (Å²) in [6, 6.07) is 8.28. The fourth-order valence-corrected chi connectivity index (χ4v) is 4.71. The van der Waals surface area contributed by atoms with Crippen LogP contribution < -0.4 is 31.9 Å². The minimum atomic E-state index is -0.552. The number of rotatable bonds is 8. The number of imidazole rings is 1. The SMILES string of the molecule is NC(=O)NCCNc1nc(Nc2ccc(N3CCNCC3)cc2)c2ncn(C3CCCC3)c2n1. The van der Waals surface area contributed by atoms with Gasteiger partial charge in [-0.15, -0.1) is 0 Å². The van der Waals surface area contributed by atoms with Crippen molar-refractivity contribution in [1.29, 1.82) is 0 Å². The molecule has 2 fully saturated rings. The Morgan fingerprint density at radius 3 is 2.59 bits per heavy atom. The Morgan fingerprint density at radius 2 is 1.85 bits per heavy atom. The molecule has 2 amide bonds. The van der Waals surface area contributed by atoms with E-state index in [9.17, 15) is 4.79 Å². The maximum Gasteiger partial charge on any atom is 0.312 e. The zero-order chi connectivity index (χ0) is 23.3. The molecule has 180 valence electrons. The van der Waals surface area contributed by atoms with Crippen LogP contribution in [-0.2, 0) is 0 Å². The first kappa shape index (κ1) is 22.2. The summed E-state index contributed by atoms with van der Waals surface area (Å²) in [4.78, 5) is 27.5. The normalized spacial score (nSPS) is 16.6. The van der Waals surface area contributed by atoms with Crippen molar-refractivity contribution >= 4 is 40.3 Å². The average molecular weight is 465 g/mol. The van der Waals surface area contributed by atoms with E-state index in [0.717, 1.165) is 55.9 Å². The van der Waals surface area contributed by atoms with Crippen LogP contribution in [0.1, 0.15) is 31.7 Å². The average Bonchev–Trinajstić information content (AvgIpc) is 3.53. The summed E-state index contributed by atoms with van der Waals surface area (Å²) in [5.41, 5.74) is 8.87. The standard InChI is InChI=1S/C23H32N10O/c24-22(34)26-9-10-27-23-30-20(19-21(31-23)33(15-28-19)18-3-1-2-4-18)29-16-5-7-17(8-6-16)32-13-11-25-12-14-32/h5-8,15,18,25H,1-4,9-14H2,(H3,24,26,34)(H2,27,29,30,31). The van der Waals surface area contributed by atoms with E-state index in [2.05, 4.69) is 60.0 Å². The van der Waals surface area contributed by atoms with Gasteiger partial charge in [0.2, 0.25) is 5.95 Å². The molecule has 1 aliphatic heterocycles. The topological polar surface area (TPSA) is 138 Å². The summed E-state index contributed by atoms with van der Waals surface area (Å²) in [7, 11) is 0. The molecule has 34 heavy (non-hydrogen) atoms. The van der Waals surface area contributed by atoms with Crippen LogP contribution in [0, 0.1) is 0 Å². The molecule has 1 saturated carbocycles. The largest absolute Gasteiger partial charge is 0.369 e. The van der Waals surface area contributed by atoms with Crippen molar-refractivity contribution < 1.29 is 4.79 Å². The summed E-state index contributed by atoms with van der Waals surface area (Å²) in [6.45, 7) is 4.88. The summed E-state index contributed by atoms with van der Waals surface area (Å²) >= 11 is 0. The van der Waals surface area contributed by atoms with Crippen molar-refractivity contribution in [1.82, 2.24) is 30.2 Å². The molecular weight excluding hydrogens is 432 g/mol. The van der Waals surface area contributed by atoms with E-state index < -0.39 is 6.03 Å². The number of piperazine rings is 1. The number of carbonyl (C=O) groups excluding carboxylic acids is 1. The van der Waals surface area contributed by atoms with Crippen LogP contribution in [0.4, 0.5) is 27.9 Å². The van der Waals surface area contributed by atoms with Gasteiger partial charge in [0.25, 0.3) is 0 Å². The first-order valence-corrected chi connectivity index (χ1v) is 12.0. The molecule has 11 nitrogen and oxygen atoms in total. The second-order valence-corrected chi connectivity index (χ2v) is 8.78. The molecule has 3 aromatic rings. The monoisotopic (exact) mass is 464 g/mol. The van der Waals surface area contributed by atoms with Gasteiger partial charge in [-0.25, -0.2) is 9.78 Å². The third-order valence-corrected chi connectivity index (χ3v) is 6.46. The smallest absolute Gasteiger partial charge is 0.312 e. The Morgan fingerprint density at radius 1 is 1.09 bits per heavy atom. The van der Waals surface area contributed by atoms with Gasteiger partial charge in [-0.05, 0) is 37.1 Å². The molecule has 0 atom stereocenters. The van der Waals surface area contributed by atoms with Crippen molar-refractivity contribution in [3.8, 4) is 0 Å². The predicted octanol–water partition coefficient (Wildman–Crippen LogP) is 2.17. The van der Waals surface area contributed by atoms with Gasteiger partial charge < -0.3 is 36.5 Å². The first-order valence-electron chi connectivity index (χ1n) is 12.0. The Balaban J connectivity index is 1.39. The molecule has 2 aliphatic rings. The van der Waals surface area contributed by atoms with E-state index in [1.54, 1.807) is 0 Å². The number of nitrogens with zero attached hydrogens (tertiary/aromatic N) is 5. The highest BCUT2D eigenvalue weighted by atomic mass is 16.2. The van der Waals surface area contributed by atoms with Gasteiger partial charge in [-0.3, -0.25) is 0 Å². The van der Waals surface area contributed by atoms with Crippen LogP contribution in [0.5, 0.6) is 0 Å². The van der Waals surface area contributed by atoms with Crippen molar-refractivity contribution in [3.63, 3.8) is 0 Å². The summed E-state index contributed by atoms with van der Waals surface area (Å²) in [5.74, 6) is 1.14. The number of hydrogen-bond acceptors (Lipinski definition) is 8. The highest BCUT2D eigenvalue weighted by Crippen LogP contribution is 2.33. The molecule has 0 bridgehead atoms. The summed E-state index contributed by atoms with van der Waals surface area (Å²) in [5, 5.41) is 12.6. The number of nitrogens with two attached hydrogens (primary N) is 1. The van der Waals surface area contributed by atoms with Crippen LogP contribution in [0.25, 0.3) is 11.2 Å². The molecule has 5 rings (SSSR count). The number of carbonyl (C=O) groups is 1. The van der Waals surface area contributed by atoms with Crippen LogP contribution >= 0.6 is 0 Å². The molecule has 11 heteroatoms. The van der Waals surface area contributed by atoms with Crippen molar-refractivity contribution in [2.24, 2.45) is 5.73 Å². The molecular formula is C23H32N10O. The quantitative estimate of drug-likeness (QED) is 0.320. The molecule has 3 heterocycles. The summed E-state index contributed by atoms with van der Waals surface area (Å²) < 4.78 is 2.18. The zero-order valence-electron chi connectivity index (χ0n) is 19.3. The second kappa shape index (κ2) is 10.1. The molecule has 1 aliphatic carbocycles. The third kappa shape index (κ3) is 4.98. The van der Waals surface area contributed by atoms with Gasteiger partial charge in [0, 0.05) is 56.7 Å². The molecule has 1 saturated heterocycles. The van der Waals surface area contributed by atoms with Gasteiger partial charge in [0.15, 0.2) is 17.0 Å². The Bertz CT molecular complexity index is 1120. The van der Waals surface area contributed by atoms with Crippen LogP contribution in [0.15, 0.2) is 30.6 Å². The van der Waals surface area contributed by atoms with Gasteiger partial charge in [-0.1, -0.05) is 12.8 Å². The number of anilines is 4. The molecule has 0 unspecified atom stereocenters. The number of aromatic nitrogens is 4. The number of amides is 2. The minimum absolute atomic E-state index is 0.384. The van der Waals surface area contributed by atoms with E-state index in [0.29, 0.717) is 30.9 Å². The van der Waals surface area contributed by atoms with Crippen LogP contribution in [-0.4, -0.2) is 64.8 Å². The minimum Gasteiger partial charge on any atom is -0.369 e. The Kier molecular flexibility index (Phi) is 6.61. The molecule has 0 spiro atoms. The molecule has 2 aromatic heterocycles. The molecule has 0 radical (unpaired) electrons. The van der Waals surface area contributed by atoms with Gasteiger partial charge in [-0.2, -0.15) is 9.97 Å². The first-order chi connectivity index (χ1) is 16.7. The van der Waals surface area contributed by atoms with Gasteiger partial charge in [0.05, 0.1) is 6.33 Å². The van der Waals surface area contributed by atoms with E-state index in [1.165, 1.54) is 18.5 Å². The van der Waals surface area contributed by atoms with Crippen LogP contribution in [0.3, 0.4) is 0 Å². The van der Waals surface area contributed by atoms with E-state index in [4.69, 9.17) is 15.7 Å². The van der Waals surface area contributed by atoms with Crippen LogP contribution in [0.2, 0.25) is 0 Å². The number of hydrogen-bond donors (Lipinski definition) is 5. The lowest BCUT2D eigenvalue weighted by atomic mass is 10.2. The highest BCUT2D eigenvalue weighted by Gasteiger charge is 2.22. The third-order valence-electron chi connectivity index (χ3n) is 6.46. The van der Waals surface area contributed by atoms with Gasteiger partial charge in [0.1, 0.15) is 0 Å². The Hall–Kier alpha value is -3.60. The molecule has 1 aromatic carbocycles. The number of fused-ring (bicyclic) bond motifs is 1. The second-order valence-electron chi connectivity index (χ2n) is 8.78. The lowest BCUT2D eigenvalue weighted by Crippen LogP contribution is -2.43. The fourth-order valence-electron chi connectivity index (χ4n) is 4.71. The van der Waals surface area contributed by atoms with E-state index in [1.807, 2.05) is 6.33 Å². The maximum atomic E-state index is 10.9. The zero-order valence-corrected chi connectivity index (χ0v) is 19.3. The number of urea groups is 1. The fraction of sp³-hybridized carbons (Fsp3) is 0.478. The number of nitrogens with one attached hydrogen (secondary N) is 4.